The van der Waals surface area contributed by atoms with Crippen LogP contribution in [0, 0.1) is 6.92 Å². The number of rotatable bonds is 6. The third-order valence-corrected chi connectivity index (χ3v) is 7.38. The summed E-state index contributed by atoms with van der Waals surface area (Å²) >= 11 is 0. The zero-order valence-corrected chi connectivity index (χ0v) is 18.1. The average molecular weight is 440 g/mol. The van der Waals surface area contributed by atoms with Crippen molar-refractivity contribution < 1.29 is 13.2 Å². The molecule has 0 bridgehead atoms. The molecule has 1 aromatic carbocycles. The summed E-state index contributed by atoms with van der Waals surface area (Å²) in [7, 11) is -3.73. The molecule has 0 aliphatic carbocycles. The highest BCUT2D eigenvalue weighted by Gasteiger charge is 2.37. The van der Waals surface area contributed by atoms with Gasteiger partial charge < -0.3 is 5.32 Å². The van der Waals surface area contributed by atoms with E-state index in [1.165, 1.54) is 4.31 Å². The van der Waals surface area contributed by atoms with Crippen LogP contribution in [-0.2, 0) is 21.4 Å². The number of hydrogen-bond acceptors (Lipinski definition) is 5. The van der Waals surface area contributed by atoms with E-state index in [4.69, 9.17) is 0 Å². The molecule has 1 fully saturated rings. The van der Waals surface area contributed by atoms with E-state index >= 15 is 0 Å². The molecule has 1 unspecified atom stereocenters. The van der Waals surface area contributed by atoms with E-state index in [0.29, 0.717) is 18.8 Å². The molecule has 2 aromatic heterocycles. The molecule has 1 N–H and O–H groups in total. The Morgan fingerprint density at radius 1 is 1.13 bits per heavy atom. The van der Waals surface area contributed by atoms with Gasteiger partial charge in [0.2, 0.25) is 15.9 Å². The molecule has 9 heteroatoms. The monoisotopic (exact) mass is 439 g/mol. The highest BCUT2D eigenvalue weighted by molar-refractivity contribution is 7.89. The molecule has 0 spiro atoms. The number of sulfonamides is 1. The minimum atomic E-state index is -3.73. The van der Waals surface area contributed by atoms with E-state index < -0.39 is 16.1 Å². The number of nitrogens with one attached hydrogen (secondary N) is 1. The molecule has 0 saturated carbocycles. The Bertz CT molecular complexity index is 1160. The van der Waals surface area contributed by atoms with Gasteiger partial charge in [-0.2, -0.15) is 4.31 Å². The molecule has 1 aliphatic heterocycles. The number of aryl methyl sites for hydroxylation is 1. The van der Waals surface area contributed by atoms with Crippen molar-refractivity contribution in [1.82, 2.24) is 24.2 Å². The first-order valence-corrected chi connectivity index (χ1v) is 11.7. The quantitative estimate of drug-likeness (QED) is 0.636. The Kier molecular flexibility index (Phi) is 6.15. The van der Waals surface area contributed by atoms with E-state index in [9.17, 15) is 13.2 Å². The predicted molar refractivity (Wildman–Crippen MR) is 116 cm³/mol. The lowest BCUT2D eigenvalue weighted by Crippen LogP contribution is -2.51. The maximum absolute atomic E-state index is 13.1. The summed E-state index contributed by atoms with van der Waals surface area (Å²) in [6, 6.07) is 11.3. The fraction of sp³-hybridized carbons (Fsp3) is 0.318. The second-order valence-electron chi connectivity index (χ2n) is 7.52. The van der Waals surface area contributed by atoms with Crippen LogP contribution in [0.15, 0.2) is 66.0 Å². The number of pyridine rings is 1. The SMILES string of the molecule is Cc1nccn1-c1cc(CNC(=O)C2CCCCN2S(=O)(=O)c2ccccc2)ccn1. The summed E-state index contributed by atoms with van der Waals surface area (Å²) in [6.07, 6.45) is 7.29. The fourth-order valence-electron chi connectivity index (χ4n) is 3.81. The van der Waals surface area contributed by atoms with Crippen molar-refractivity contribution in [3.8, 4) is 5.82 Å². The van der Waals surface area contributed by atoms with Crippen LogP contribution in [0.4, 0.5) is 0 Å². The van der Waals surface area contributed by atoms with E-state index in [1.807, 2.05) is 29.8 Å². The molecule has 4 rings (SSSR count). The number of imidazole rings is 1. The molecule has 1 atom stereocenters. The van der Waals surface area contributed by atoms with Gasteiger partial charge >= 0.3 is 0 Å². The first kappa shape index (κ1) is 21.2. The molecular weight excluding hydrogens is 414 g/mol. The van der Waals surface area contributed by atoms with Crippen LogP contribution >= 0.6 is 0 Å². The lowest BCUT2D eigenvalue weighted by molar-refractivity contribution is -0.125. The lowest BCUT2D eigenvalue weighted by Gasteiger charge is -2.33. The zero-order valence-electron chi connectivity index (χ0n) is 17.3. The maximum Gasteiger partial charge on any atom is 0.243 e. The summed E-state index contributed by atoms with van der Waals surface area (Å²) in [5.74, 6) is 1.25. The van der Waals surface area contributed by atoms with Crippen molar-refractivity contribution >= 4 is 15.9 Å². The number of piperidine rings is 1. The van der Waals surface area contributed by atoms with Crippen molar-refractivity contribution in [1.29, 1.82) is 0 Å². The molecule has 8 nitrogen and oxygen atoms in total. The van der Waals surface area contributed by atoms with E-state index in [1.54, 1.807) is 42.7 Å². The van der Waals surface area contributed by atoms with Crippen LogP contribution in [0.3, 0.4) is 0 Å². The highest BCUT2D eigenvalue weighted by atomic mass is 32.2. The average Bonchev–Trinajstić information content (AvgIpc) is 3.24. The molecule has 31 heavy (non-hydrogen) atoms. The van der Waals surface area contributed by atoms with Crippen molar-refractivity contribution in [2.45, 2.75) is 43.7 Å². The standard InChI is InChI=1S/C22H25N5O3S/c1-17-23-12-14-26(17)21-15-18(10-11-24-21)16-25-22(28)20-9-5-6-13-27(20)31(29,30)19-7-3-2-4-8-19/h2-4,7-8,10-12,14-15,20H,5-6,9,13,16H2,1H3,(H,25,28). The number of amides is 1. The van der Waals surface area contributed by atoms with E-state index in [2.05, 4.69) is 15.3 Å². The van der Waals surface area contributed by atoms with Crippen LogP contribution in [0.5, 0.6) is 0 Å². The van der Waals surface area contributed by atoms with Gasteiger partial charge in [0.25, 0.3) is 0 Å². The Balaban J connectivity index is 1.48. The first-order chi connectivity index (χ1) is 15.0. The molecule has 3 heterocycles. The van der Waals surface area contributed by atoms with Gasteiger partial charge in [0, 0.05) is 31.7 Å². The molecular formula is C22H25N5O3S. The van der Waals surface area contributed by atoms with Crippen LogP contribution in [0.1, 0.15) is 30.7 Å². The summed E-state index contributed by atoms with van der Waals surface area (Å²) in [6.45, 7) is 2.52. The fourth-order valence-corrected chi connectivity index (χ4v) is 5.49. The van der Waals surface area contributed by atoms with Crippen LogP contribution in [0.25, 0.3) is 5.82 Å². The molecule has 3 aromatic rings. The van der Waals surface area contributed by atoms with Gasteiger partial charge in [0.05, 0.1) is 4.90 Å². The lowest BCUT2D eigenvalue weighted by atomic mass is 10.0. The number of hydrogen-bond donors (Lipinski definition) is 1. The Morgan fingerprint density at radius 2 is 1.94 bits per heavy atom. The first-order valence-electron chi connectivity index (χ1n) is 10.3. The Morgan fingerprint density at radius 3 is 2.68 bits per heavy atom. The molecule has 1 amide bonds. The molecule has 162 valence electrons. The Labute approximate surface area is 182 Å². The largest absolute Gasteiger partial charge is 0.351 e. The third-order valence-electron chi connectivity index (χ3n) is 5.46. The molecule has 1 aliphatic rings. The smallest absolute Gasteiger partial charge is 0.243 e. The van der Waals surface area contributed by atoms with Gasteiger partial charge in [-0.15, -0.1) is 0 Å². The topological polar surface area (TPSA) is 97.2 Å². The van der Waals surface area contributed by atoms with Crippen LogP contribution < -0.4 is 5.32 Å². The van der Waals surface area contributed by atoms with Crippen molar-refractivity contribution in [2.24, 2.45) is 0 Å². The second-order valence-corrected chi connectivity index (χ2v) is 9.42. The summed E-state index contributed by atoms with van der Waals surface area (Å²) in [5, 5.41) is 2.91. The van der Waals surface area contributed by atoms with Crippen molar-refractivity contribution in [3.63, 3.8) is 0 Å². The van der Waals surface area contributed by atoms with E-state index in [0.717, 1.165) is 24.2 Å². The van der Waals surface area contributed by atoms with Gasteiger partial charge in [-0.1, -0.05) is 24.6 Å². The summed E-state index contributed by atoms with van der Waals surface area (Å²) in [5.41, 5.74) is 0.875. The van der Waals surface area contributed by atoms with E-state index in [-0.39, 0.29) is 17.3 Å². The third kappa shape index (κ3) is 4.52. The number of carbonyl (C=O) groups is 1. The summed E-state index contributed by atoms with van der Waals surface area (Å²) in [4.78, 5) is 21.8. The normalized spacial score (nSPS) is 17.4. The zero-order chi connectivity index (χ0) is 21.8. The van der Waals surface area contributed by atoms with Gasteiger partial charge in [0.15, 0.2) is 0 Å². The van der Waals surface area contributed by atoms with Crippen LogP contribution in [0.2, 0.25) is 0 Å². The van der Waals surface area contributed by atoms with Gasteiger partial charge in [-0.05, 0) is 49.6 Å². The Hall–Kier alpha value is -3.04. The molecule has 0 radical (unpaired) electrons. The second kappa shape index (κ2) is 8.99. The van der Waals surface area contributed by atoms with Crippen molar-refractivity contribution in [3.05, 3.63) is 72.4 Å². The van der Waals surface area contributed by atoms with Crippen molar-refractivity contribution in [2.75, 3.05) is 6.54 Å². The van der Waals surface area contributed by atoms with Gasteiger partial charge in [-0.3, -0.25) is 9.36 Å². The minimum absolute atomic E-state index is 0.212. The number of aromatic nitrogens is 3. The van der Waals surface area contributed by atoms with Gasteiger partial charge in [0.1, 0.15) is 17.7 Å². The summed E-state index contributed by atoms with van der Waals surface area (Å²) < 4.78 is 29.4. The number of nitrogens with zero attached hydrogens (tertiary/aromatic N) is 4. The minimum Gasteiger partial charge on any atom is -0.351 e. The van der Waals surface area contributed by atoms with Crippen LogP contribution in [-0.4, -0.2) is 45.8 Å². The van der Waals surface area contributed by atoms with Gasteiger partial charge in [-0.25, -0.2) is 18.4 Å². The predicted octanol–water partition coefficient (Wildman–Crippen LogP) is 2.44. The number of benzene rings is 1. The molecule has 1 saturated heterocycles. The number of carbonyl (C=O) groups excluding carboxylic acids is 1. The maximum atomic E-state index is 13.1. The highest BCUT2D eigenvalue weighted by Crippen LogP contribution is 2.25.